The van der Waals surface area contributed by atoms with Crippen LogP contribution in [-0.4, -0.2) is 22.3 Å². The van der Waals surface area contributed by atoms with Crippen molar-refractivity contribution in [1.29, 1.82) is 0 Å². The van der Waals surface area contributed by atoms with E-state index < -0.39 is 0 Å². The van der Waals surface area contributed by atoms with Gasteiger partial charge in [-0.1, -0.05) is 55.8 Å². The lowest BCUT2D eigenvalue weighted by Gasteiger charge is -2.52. The number of hydrogen-bond acceptors (Lipinski definition) is 4. The van der Waals surface area contributed by atoms with Crippen LogP contribution < -0.4 is 10.9 Å². The number of aromatic amines is 1. The summed E-state index contributed by atoms with van der Waals surface area (Å²) in [7, 11) is 0. The summed E-state index contributed by atoms with van der Waals surface area (Å²) < 4.78 is 6.04. The third-order valence-corrected chi connectivity index (χ3v) is 4.97. The molecule has 5 nitrogen and oxygen atoms in total. The Bertz CT molecular complexity index is 730. The lowest BCUT2D eigenvalue weighted by Crippen LogP contribution is -2.58. The summed E-state index contributed by atoms with van der Waals surface area (Å²) >= 11 is 6.01. The van der Waals surface area contributed by atoms with Crippen LogP contribution in [0.5, 0.6) is 0 Å². The molecule has 0 radical (unpaired) electrons. The first-order valence-electron chi connectivity index (χ1n) is 7.63. The van der Waals surface area contributed by atoms with Crippen LogP contribution in [0.1, 0.15) is 25.8 Å². The molecule has 23 heavy (non-hydrogen) atoms. The van der Waals surface area contributed by atoms with Crippen LogP contribution in [0.15, 0.2) is 41.3 Å². The van der Waals surface area contributed by atoms with Gasteiger partial charge in [0.2, 0.25) is 0 Å². The Morgan fingerprint density at radius 1 is 1.39 bits per heavy atom. The van der Waals surface area contributed by atoms with E-state index in [2.05, 4.69) is 41.5 Å². The number of halogens is 1. The van der Waals surface area contributed by atoms with Crippen molar-refractivity contribution in [2.45, 2.75) is 39.0 Å². The van der Waals surface area contributed by atoms with Crippen molar-refractivity contribution in [3.63, 3.8) is 0 Å². The van der Waals surface area contributed by atoms with E-state index in [0.29, 0.717) is 12.3 Å². The molecule has 1 aromatic carbocycles. The summed E-state index contributed by atoms with van der Waals surface area (Å²) in [6.07, 6.45) is 2.56. The molecular weight excluding hydrogens is 314 g/mol. The fourth-order valence-electron chi connectivity index (χ4n) is 2.86. The van der Waals surface area contributed by atoms with Crippen LogP contribution >= 0.6 is 11.6 Å². The summed E-state index contributed by atoms with van der Waals surface area (Å²) in [6.45, 7) is 4.91. The van der Waals surface area contributed by atoms with Gasteiger partial charge in [-0.15, -0.1) is 0 Å². The zero-order valence-corrected chi connectivity index (χ0v) is 13.9. The first-order chi connectivity index (χ1) is 11.0. The molecule has 1 fully saturated rings. The fraction of sp³-hybridized carbons (Fsp3) is 0.412. The van der Waals surface area contributed by atoms with Crippen LogP contribution in [0.4, 0.5) is 5.69 Å². The number of anilines is 1. The summed E-state index contributed by atoms with van der Waals surface area (Å²) in [5, 5.41) is 9.55. The van der Waals surface area contributed by atoms with Crippen molar-refractivity contribution in [2.75, 3.05) is 5.32 Å². The maximum Gasteiger partial charge on any atom is 0.285 e. The smallest absolute Gasteiger partial charge is 0.285 e. The predicted molar refractivity (Wildman–Crippen MR) is 90.7 cm³/mol. The van der Waals surface area contributed by atoms with Gasteiger partial charge in [0, 0.05) is 11.5 Å². The van der Waals surface area contributed by atoms with Gasteiger partial charge in [-0.3, -0.25) is 4.79 Å². The quantitative estimate of drug-likeness (QED) is 0.881. The van der Waals surface area contributed by atoms with Gasteiger partial charge in [0.1, 0.15) is 5.02 Å². The number of nitrogens with zero attached hydrogens (tertiary/aromatic N) is 1. The number of hydrogen-bond donors (Lipinski definition) is 2. The molecule has 0 aliphatic heterocycles. The summed E-state index contributed by atoms with van der Waals surface area (Å²) in [6, 6.07) is 10.3. The minimum atomic E-state index is -0.384. The summed E-state index contributed by atoms with van der Waals surface area (Å²) in [4.78, 5) is 11.5. The molecule has 0 amide bonds. The van der Waals surface area contributed by atoms with Crippen LogP contribution in [0.3, 0.4) is 0 Å². The highest BCUT2D eigenvalue weighted by atomic mass is 35.5. The number of H-pyrrole nitrogens is 1. The zero-order chi connectivity index (χ0) is 16.4. The average molecular weight is 334 g/mol. The number of rotatable bonds is 5. The van der Waals surface area contributed by atoms with Gasteiger partial charge in [0.25, 0.3) is 5.56 Å². The molecule has 1 saturated carbocycles. The summed E-state index contributed by atoms with van der Waals surface area (Å²) in [5.74, 6) is 0. The predicted octanol–water partition coefficient (Wildman–Crippen LogP) is 3.22. The Hall–Kier alpha value is -1.85. The molecular formula is C17H20ClN3O2. The van der Waals surface area contributed by atoms with E-state index in [-0.39, 0.29) is 28.1 Å². The highest BCUT2D eigenvalue weighted by Gasteiger charge is 2.49. The molecule has 0 bridgehead atoms. The molecule has 1 aliphatic carbocycles. The molecule has 2 aromatic rings. The lowest BCUT2D eigenvalue weighted by molar-refractivity contribution is -0.109. The molecule has 1 aromatic heterocycles. The van der Waals surface area contributed by atoms with Gasteiger partial charge >= 0.3 is 0 Å². The van der Waals surface area contributed by atoms with Gasteiger partial charge in [-0.05, 0) is 12.0 Å². The Labute approximate surface area is 140 Å². The SMILES string of the molecule is CC1(C)[C@H](Nc2cn[nH]c(=O)c2Cl)C[C@H]1OCc1ccccc1. The summed E-state index contributed by atoms with van der Waals surface area (Å²) in [5.41, 5.74) is 1.29. The topological polar surface area (TPSA) is 67.0 Å². The third-order valence-electron chi connectivity index (χ3n) is 4.60. The van der Waals surface area contributed by atoms with Gasteiger partial charge in [0.15, 0.2) is 0 Å². The molecule has 122 valence electrons. The Balaban J connectivity index is 1.60. The standard InChI is InChI=1S/C17H20ClN3O2/c1-17(2)13(20-12-9-19-21-16(22)15(12)18)8-14(17)23-10-11-6-4-3-5-7-11/h3-7,9,13-14H,8,10H2,1-2H3,(H2,20,21,22)/t13-,14-/m1/s1. The van der Waals surface area contributed by atoms with E-state index in [4.69, 9.17) is 16.3 Å². The molecule has 2 N–H and O–H groups in total. The van der Waals surface area contributed by atoms with Gasteiger partial charge in [-0.25, -0.2) is 5.10 Å². The molecule has 2 atom stereocenters. The van der Waals surface area contributed by atoms with Crippen LogP contribution in [-0.2, 0) is 11.3 Å². The second-order valence-electron chi connectivity index (χ2n) is 6.47. The van der Waals surface area contributed by atoms with E-state index in [1.54, 1.807) is 0 Å². The molecule has 1 aliphatic rings. The van der Waals surface area contributed by atoms with Gasteiger partial charge < -0.3 is 10.1 Å². The number of nitrogens with one attached hydrogen (secondary N) is 2. The third kappa shape index (κ3) is 3.26. The second-order valence-corrected chi connectivity index (χ2v) is 6.84. The first kappa shape index (κ1) is 16.0. The Morgan fingerprint density at radius 3 is 2.83 bits per heavy atom. The van der Waals surface area contributed by atoms with E-state index >= 15 is 0 Å². The maximum absolute atomic E-state index is 11.5. The van der Waals surface area contributed by atoms with E-state index in [1.165, 1.54) is 11.8 Å². The number of benzene rings is 1. The monoisotopic (exact) mass is 333 g/mol. The van der Waals surface area contributed by atoms with Crippen LogP contribution in [0, 0.1) is 5.41 Å². The van der Waals surface area contributed by atoms with Crippen molar-refractivity contribution in [3.05, 3.63) is 57.5 Å². The normalized spacial score (nSPS) is 22.4. The maximum atomic E-state index is 11.5. The first-order valence-corrected chi connectivity index (χ1v) is 8.01. The van der Waals surface area contributed by atoms with Crippen molar-refractivity contribution in [2.24, 2.45) is 5.41 Å². The molecule has 6 heteroatoms. The second kappa shape index (κ2) is 6.34. The fourth-order valence-corrected chi connectivity index (χ4v) is 3.00. The highest BCUT2D eigenvalue weighted by Crippen LogP contribution is 2.45. The molecule has 1 heterocycles. The Kier molecular flexibility index (Phi) is 4.41. The molecule has 3 rings (SSSR count). The molecule has 0 saturated heterocycles. The van der Waals surface area contributed by atoms with Crippen molar-refractivity contribution >= 4 is 17.3 Å². The average Bonchev–Trinajstić information content (AvgIpc) is 2.55. The van der Waals surface area contributed by atoms with Crippen molar-refractivity contribution < 1.29 is 4.74 Å². The lowest BCUT2D eigenvalue weighted by atomic mass is 9.64. The van der Waals surface area contributed by atoms with Crippen molar-refractivity contribution in [3.8, 4) is 0 Å². The zero-order valence-electron chi connectivity index (χ0n) is 13.2. The van der Waals surface area contributed by atoms with E-state index in [9.17, 15) is 4.79 Å². The molecule has 0 unspecified atom stereocenters. The number of ether oxygens (including phenoxy) is 1. The van der Waals surface area contributed by atoms with Crippen LogP contribution in [0.25, 0.3) is 0 Å². The van der Waals surface area contributed by atoms with E-state index in [1.807, 2.05) is 18.2 Å². The van der Waals surface area contributed by atoms with Crippen LogP contribution in [0.2, 0.25) is 5.02 Å². The van der Waals surface area contributed by atoms with Gasteiger partial charge in [-0.2, -0.15) is 5.10 Å². The largest absolute Gasteiger partial charge is 0.379 e. The van der Waals surface area contributed by atoms with Gasteiger partial charge in [0.05, 0.1) is 24.6 Å². The minimum absolute atomic E-state index is 0.0548. The van der Waals surface area contributed by atoms with Crippen molar-refractivity contribution in [1.82, 2.24) is 10.2 Å². The molecule has 0 spiro atoms. The number of aromatic nitrogens is 2. The van der Waals surface area contributed by atoms with E-state index in [0.717, 1.165) is 6.42 Å². The Morgan fingerprint density at radius 2 is 2.13 bits per heavy atom. The highest BCUT2D eigenvalue weighted by molar-refractivity contribution is 6.32. The minimum Gasteiger partial charge on any atom is -0.379 e.